The van der Waals surface area contributed by atoms with E-state index in [2.05, 4.69) is 19.2 Å². The molecule has 1 N–H and O–H groups in total. The maximum atomic E-state index is 12.1. The van der Waals surface area contributed by atoms with Gasteiger partial charge >= 0.3 is 5.97 Å². The quantitative estimate of drug-likeness (QED) is 0.724. The average molecular weight is 271 g/mol. The van der Waals surface area contributed by atoms with Crippen LogP contribution in [0.1, 0.15) is 67.2 Å². The third-order valence-electron chi connectivity index (χ3n) is 2.76. The van der Waals surface area contributed by atoms with Crippen LogP contribution >= 0.6 is 0 Å². The Kier molecular flexibility index (Phi) is 7.72. The topological polar surface area (TPSA) is 55.4 Å². The summed E-state index contributed by atoms with van der Waals surface area (Å²) in [7, 11) is 0. The van der Waals surface area contributed by atoms with Gasteiger partial charge in [0, 0.05) is 5.92 Å². The first-order valence-electron chi connectivity index (χ1n) is 7.24. The Hall–Kier alpha value is -1.06. The van der Waals surface area contributed by atoms with E-state index in [1.54, 1.807) is 6.92 Å². The largest absolute Gasteiger partial charge is 0.458 e. The van der Waals surface area contributed by atoms with Crippen molar-refractivity contribution in [3.8, 4) is 0 Å². The van der Waals surface area contributed by atoms with E-state index in [9.17, 15) is 9.59 Å². The molecule has 0 aromatic rings. The number of nitrogens with one attached hydrogen (secondary N) is 1. The lowest BCUT2D eigenvalue weighted by Crippen LogP contribution is -2.44. The summed E-state index contributed by atoms with van der Waals surface area (Å²) >= 11 is 0. The molecule has 0 aliphatic heterocycles. The number of ether oxygens (including phenoxy) is 1. The molecule has 0 aliphatic carbocycles. The molecule has 0 spiro atoms. The van der Waals surface area contributed by atoms with Crippen molar-refractivity contribution in [3.05, 3.63) is 0 Å². The summed E-state index contributed by atoms with van der Waals surface area (Å²) in [5.41, 5.74) is -0.525. The number of amides is 1. The van der Waals surface area contributed by atoms with Crippen LogP contribution < -0.4 is 5.32 Å². The van der Waals surface area contributed by atoms with Gasteiger partial charge in [-0.3, -0.25) is 4.79 Å². The fraction of sp³-hybridized carbons (Fsp3) is 0.867. The van der Waals surface area contributed by atoms with Crippen molar-refractivity contribution < 1.29 is 14.3 Å². The van der Waals surface area contributed by atoms with Crippen LogP contribution in [0.4, 0.5) is 0 Å². The smallest absolute Gasteiger partial charge is 0.328 e. The average Bonchev–Trinajstić information content (AvgIpc) is 2.26. The minimum absolute atomic E-state index is 0.000105. The van der Waals surface area contributed by atoms with Gasteiger partial charge < -0.3 is 10.1 Å². The fourth-order valence-corrected chi connectivity index (χ4v) is 1.88. The number of rotatable bonds is 7. The molecule has 0 fully saturated rings. The first-order valence-corrected chi connectivity index (χ1v) is 7.24. The van der Waals surface area contributed by atoms with E-state index >= 15 is 0 Å². The zero-order valence-corrected chi connectivity index (χ0v) is 13.2. The molecule has 0 radical (unpaired) electrons. The van der Waals surface area contributed by atoms with Gasteiger partial charge in [0.25, 0.3) is 0 Å². The van der Waals surface area contributed by atoms with Gasteiger partial charge in [0.1, 0.15) is 11.6 Å². The second kappa shape index (κ2) is 8.18. The highest BCUT2D eigenvalue weighted by Crippen LogP contribution is 2.14. The van der Waals surface area contributed by atoms with E-state index in [1.165, 1.54) is 0 Å². The van der Waals surface area contributed by atoms with E-state index in [0.29, 0.717) is 0 Å². The molecule has 0 unspecified atom stereocenters. The van der Waals surface area contributed by atoms with Gasteiger partial charge in [-0.25, -0.2) is 4.79 Å². The summed E-state index contributed by atoms with van der Waals surface area (Å²) in [5.74, 6) is -0.422. The van der Waals surface area contributed by atoms with Crippen LogP contribution in [0.3, 0.4) is 0 Å². The van der Waals surface area contributed by atoms with E-state index in [0.717, 1.165) is 25.7 Å². The Morgan fingerprint density at radius 2 is 1.58 bits per heavy atom. The van der Waals surface area contributed by atoms with Crippen molar-refractivity contribution in [2.45, 2.75) is 78.9 Å². The Labute approximate surface area is 117 Å². The highest BCUT2D eigenvalue weighted by molar-refractivity contribution is 5.85. The van der Waals surface area contributed by atoms with Gasteiger partial charge in [-0.15, -0.1) is 0 Å². The first kappa shape index (κ1) is 17.9. The van der Waals surface area contributed by atoms with Crippen LogP contribution in [0.5, 0.6) is 0 Å². The molecule has 4 heteroatoms. The summed E-state index contributed by atoms with van der Waals surface area (Å²) in [4.78, 5) is 23.9. The first-order chi connectivity index (χ1) is 8.71. The number of hydrogen-bond donors (Lipinski definition) is 1. The van der Waals surface area contributed by atoms with Crippen molar-refractivity contribution >= 4 is 11.9 Å². The van der Waals surface area contributed by atoms with E-state index in [-0.39, 0.29) is 17.8 Å². The molecule has 0 bridgehead atoms. The minimum atomic E-state index is -0.595. The Balaban J connectivity index is 4.40. The standard InChI is InChI=1S/C15H29NO3/c1-7-9-12(10-8-2)13(17)16-11(3)14(18)19-15(4,5)6/h11-12H,7-10H2,1-6H3,(H,16,17)/t11-/m0/s1. The molecule has 1 atom stereocenters. The number of hydrogen-bond acceptors (Lipinski definition) is 3. The van der Waals surface area contributed by atoms with Crippen LogP contribution in [0, 0.1) is 5.92 Å². The molecule has 0 rings (SSSR count). The molecule has 0 heterocycles. The Morgan fingerprint density at radius 3 is 1.95 bits per heavy atom. The molecule has 19 heavy (non-hydrogen) atoms. The molecule has 0 aromatic carbocycles. The molecule has 0 saturated carbocycles. The monoisotopic (exact) mass is 271 g/mol. The van der Waals surface area contributed by atoms with Crippen molar-refractivity contribution in [2.24, 2.45) is 5.92 Å². The zero-order valence-electron chi connectivity index (χ0n) is 13.2. The van der Waals surface area contributed by atoms with Crippen molar-refractivity contribution in [1.29, 1.82) is 0 Å². The van der Waals surface area contributed by atoms with Gasteiger partial charge in [-0.1, -0.05) is 26.7 Å². The maximum absolute atomic E-state index is 12.1. The lowest BCUT2D eigenvalue weighted by molar-refractivity contribution is -0.158. The fourth-order valence-electron chi connectivity index (χ4n) is 1.88. The minimum Gasteiger partial charge on any atom is -0.458 e. The molecule has 0 saturated heterocycles. The van der Waals surface area contributed by atoms with Crippen LogP contribution in [-0.4, -0.2) is 23.5 Å². The van der Waals surface area contributed by atoms with Gasteiger partial charge in [-0.05, 0) is 40.5 Å². The maximum Gasteiger partial charge on any atom is 0.328 e. The molecule has 4 nitrogen and oxygen atoms in total. The van der Waals surface area contributed by atoms with Gasteiger partial charge in [0.15, 0.2) is 0 Å². The summed E-state index contributed by atoms with van der Waals surface area (Å²) in [6.07, 6.45) is 3.67. The Morgan fingerprint density at radius 1 is 1.11 bits per heavy atom. The normalized spacial score (nSPS) is 13.2. The van der Waals surface area contributed by atoms with Crippen molar-refractivity contribution in [2.75, 3.05) is 0 Å². The molecular formula is C15H29NO3. The van der Waals surface area contributed by atoms with Crippen LogP contribution in [0.25, 0.3) is 0 Å². The lowest BCUT2D eigenvalue weighted by Gasteiger charge is -2.24. The third kappa shape index (κ3) is 7.85. The van der Waals surface area contributed by atoms with E-state index < -0.39 is 11.6 Å². The SMILES string of the molecule is CCCC(CCC)C(=O)N[C@@H](C)C(=O)OC(C)(C)C. The zero-order chi connectivity index (χ0) is 15.1. The van der Waals surface area contributed by atoms with Gasteiger partial charge in [0.05, 0.1) is 0 Å². The Bertz CT molecular complexity index is 288. The molecule has 0 aliphatic rings. The highest BCUT2D eigenvalue weighted by Gasteiger charge is 2.25. The summed E-state index contributed by atoms with van der Waals surface area (Å²) < 4.78 is 5.25. The highest BCUT2D eigenvalue weighted by atomic mass is 16.6. The summed E-state index contributed by atoms with van der Waals surface area (Å²) in [6, 6.07) is -0.595. The number of carbonyl (C=O) groups is 2. The van der Waals surface area contributed by atoms with Crippen LogP contribution in [-0.2, 0) is 14.3 Å². The molecular weight excluding hydrogens is 242 g/mol. The van der Waals surface area contributed by atoms with Crippen molar-refractivity contribution in [3.63, 3.8) is 0 Å². The third-order valence-corrected chi connectivity index (χ3v) is 2.76. The van der Waals surface area contributed by atoms with E-state index in [1.807, 2.05) is 20.8 Å². The number of carbonyl (C=O) groups excluding carboxylic acids is 2. The molecule has 0 aromatic heterocycles. The summed E-state index contributed by atoms with van der Waals surface area (Å²) in [5, 5.41) is 2.76. The van der Waals surface area contributed by atoms with Crippen LogP contribution in [0.15, 0.2) is 0 Å². The molecule has 112 valence electrons. The predicted octanol–water partition coefficient (Wildman–Crippen LogP) is 3.05. The van der Waals surface area contributed by atoms with E-state index in [4.69, 9.17) is 4.74 Å². The molecule has 1 amide bonds. The predicted molar refractivity (Wildman–Crippen MR) is 76.8 cm³/mol. The van der Waals surface area contributed by atoms with Crippen molar-refractivity contribution in [1.82, 2.24) is 5.32 Å². The van der Waals surface area contributed by atoms with Gasteiger partial charge in [-0.2, -0.15) is 0 Å². The lowest BCUT2D eigenvalue weighted by atomic mass is 9.97. The second-order valence-corrected chi connectivity index (χ2v) is 6.04. The second-order valence-electron chi connectivity index (χ2n) is 6.04. The summed E-state index contributed by atoms with van der Waals surface area (Å²) in [6.45, 7) is 11.2. The van der Waals surface area contributed by atoms with Gasteiger partial charge in [0.2, 0.25) is 5.91 Å². The number of esters is 1. The van der Waals surface area contributed by atoms with Crippen LogP contribution in [0.2, 0.25) is 0 Å².